The normalized spacial score (nSPS) is 13.2. The Morgan fingerprint density at radius 1 is 1.60 bits per heavy atom. The number of rotatable bonds is 5. The van der Waals surface area contributed by atoms with Gasteiger partial charge < -0.3 is 10.7 Å². The highest BCUT2D eigenvalue weighted by Gasteiger charge is 2.26. The lowest BCUT2D eigenvalue weighted by Gasteiger charge is -2.10. The Morgan fingerprint density at radius 3 is 2.80 bits per heavy atom. The highest BCUT2D eigenvalue weighted by Crippen LogP contribution is 2.34. The van der Waals surface area contributed by atoms with Gasteiger partial charge in [-0.15, -0.1) is 0 Å². The van der Waals surface area contributed by atoms with Gasteiger partial charge in [0.2, 0.25) is 0 Å². The summed E-state index contributed by atoms with van der Waals surface area (Å²) in [5.41, 5.74) is 5.01. The van der Waals surface area contributed by atoms with Crippen LogP contribution in [0, 0.1) is 10.1 Å². The summed E-state index contributed by atoms with van der Waals surface area (Å²) in [6.07, 6.45) is 3.06. The molecule has 9 nitrogen and oxygen atoms in total. The van der Waals surface area contributed by atoms with Crippen LogP contribution in [-0.4, -0.2) is 23.3 Å². The predicted molar refractivity (Wildman–Crippen MR) is 72.7 cm³/mol. The van der Waals surface area contributed by atoms with E-state index < -0.39 is 26.7 Å². The predicted octanol–water partition coefficient (Wildman–Crippen LogP) is 1.00. The highest BCUT2D eigenvalue weighted by molar-refractivity contribution is 7.91. The maximum Gasteiger partial charge on any atom is 0.304 e. The molecular formula is C9H11N5O4S2. The lowest BCUT2D eigenvalue weighted by molar-refractivity contribution is -0.383. The van der Waals surface area contributed by atoms with Gasteiger partial charge in [0.25, 0.3) is 10.0 Å². The minimum atomic E-state index is -3.90. The number of sulfonamides is 1. The fourth-order valence-electron chi connectivity index (χ4n) is 1.51. The molecule has 0 amide bonds. The number of nitro groups is 1. The Hall–Kier alpha value is -1.98. The van der Waals surface area contributed by atoms with Crippen molar-refractivity contribution in [3.63, 3.8) is 0 Å². The summed E-state index contributed by atoms with van der Waals surface area (Å²) < 4.78 is 26.4. The Labute approximate surface area is 118 Å². The zero-order valence-electron chi connectivity index (χ0n) is 10.2. The van der Waals surface area contributed by atoms with E-state index in [-0.39, 0.29) is 9.21 Å². The van der Waals surface area contributed by atoms with Crippen LogP contribution in [0.15, 0.2) is 22.7 Å². The monoisotopic (exact) mass is 317 g/mol. The van der Waals surface area contributed by atoms with E-state index >= 15 is 0 Å². The lowest BCUT2D eigenvalue weighted by Crippen LogP contribution is -2.26. The zero-order valence-corrected chi connectivity index (χ0v) is 11.9. The van der Waals surface area contributed by atoms with Crippen LogP contribution in [0.3, 0.4) is 0 Å². The molecular weight excluding hydrogens is 306 g/mol. The van der Waals surface area contributed by atoms with Gasteiger partial charge in [-0.2, -0.15) is 0 Å². The highest BCUT2D eigenvalue weighted by atomic mass is 32.2. The number of aromatic nitrogens is 2. The number of nitrogen functional groups attached to an aromatic ring is 1. The first-order valence-electron chi connectivity index (χ1n) is 5.36. The molecule has 108 valence electrons. The number of nitrogens with zero attached hydrogens (tertiary/aromatic N) is 2. The minimum Gasteiger partial charge on any atom is -0.385 e. The van der Waals surface area contributed by atoms with Crippen molar-refractivity contribution < 1.29 is 13.3 Å². The summed E-state index contributed by atoms with van der Waals surface area (Å²) in [6.45, 7) is 1.60. The Bertz CT molecular complexity index is 722. The fraction of sp³-hybridized carbons (Fsp3) is 0.222. The summed E-state index contributed by atoms with van der Waals surface area (Å²) >= 11 is 0.644. The minimum absolute atomic E-state index is 0.152. The summed E-state index contributed by atoms with van der Waals surface area (Å²) in [7, 11) is -3.90. The topological polar surface area (TPSA) is 144 Å². The molecule has 0 aromatic carbocycles. The number of imidazole rings is 1. The SMILES string of the molecule is CC(NS(=O)(=O)c1cc([N+](=O)[O-])c(N)s1)c1ncc[nH]1. The molecule has 0 bridgehead atoms. The third-order valence-electron chi connectivity index (χ3n) is 2.44. The third kappa shape index (κ3) is 2.79. The van der Waals surface area contributed by atoms with Crippen LogP contribution in [0.2, 0.25) is 0 Å². The second kappa shape index (κ2) is 5.19. The lowest BCUT2D eigenvalue weighted by atomic mass is 10.3. The number of nitrogens with one attached hydrogen (secondary N) is 2. The second-order valence-electron chi connectivity index (χ2n) is 3.89. The van der Waals surface area contributed by atoms with Crippen LogP contribution < -0.4 is 10.5 Å². The third-order valence-corrected chi connectivity index (χ3v) is 5.41. The number of H-pyrrole nitrogens is 1. The van der Waals surface area contributed by atoms with E-state index in [9.17, 15) is 18.5 Å². The van der Waals surface area contributed by atoms with E-state index in [0.29, 0.717) is 17.2 Å². The zero-order chi connectivity index (χ0) is 14.9. The molecule has 2 rings (SSSR count). The van der Waals surface area contributed by atoms with E-state index in [1.807, 2.05) is 0 Å². The Morgan fingerprint density at radius 2 is 2.30 bits per heavy atom. The van der Waals surface area contributed by atoms with E-state index in [4.69, 9.17) is 5.73 Å². The van der Waals surface area contributed by atoms with Crippen LogP contribution >= 0.6 is 11.3 Å². The number of hydrogen-bond donors (Lipinski definition) is 3. The van der Waals surface area contributed by atoms with E-state index in [2.05, 4.69) is 14.7 Å². The molecule has 0 saturated heterocycles. The standard InChI is InChI=1S/C9H11N5O4S2/c1-5(9-11-2-3-12-9)13-20(17,18)7-4-6(14(15)16)8(10)19-7/h2-5,13H,10H2,1H3,(H,11,12). The molecule has 2 aromatic heterocycles. The van der Waals surface area contributed by atoms with Gasteiger partial charge in [0.05, 0.1) is 11.0 Å². The van der Waals surface area contributed by atoms with E-state index in [1.54, 1.807) is 13.1 Å². The van der Waals surface area contributed by atoms with Gasteiger partial charge in [0.1, 0.15) is 10.0 Å². The van der Waals surface area contributed by atoms with Crippen molar-refractivity contribution in [3.05, 3.63) is 34.4 Å². The first-order chi connectivity index (χ1) is 9.31. The first-order valence-corrected chi connectivity index (χ1v) is 7.66. The Balaban J connectivity index is 2.27. The van der Waals surface area contributed by atoms with Gasteiger partial charge >= 0.3 is 5.69 Å². The van der Waals surface area contributed by atoms with Gasteiger partial charge in [-0.1, -0.05) is 11.3 Å². The molecule has 0 saturated carbocycles. The van der Waals surface area contributed by atoms with Crippen LogP contribution in [0.4, 0.5) is 10.7 Å². The second-order valence-corrected chi connectivity index (χ2v) is 6.91. The maximum atomic E-state index is 12.1. The molecule has 0 radical (unpaired) electrons. The van der Waals surface area contributed by atoms with Crippen LogP contribution in [0.1, 0.15) is 18.8 Å². The largest absolute Gasteiger partial charge is 0.385 e. The molecule has 0 fully saturated rings. The molecule has 0 spiro atoms. The van der Waals surface area contributed by atoms with Crippen molar-refractivity contribution in [2.45, 2.75) is 17.2 Å². The molecule has 2 aromatic rings. The molecule has 11 heteroatoms. The first kappa shape index (κ1) is 14.4. The maximum absolute atomic E-state index is 12.1. The van der Waals surface area contributed by atoms with Crippen LogP contribution in [-0.2, 0) is 10.0 Å². The van der Waals surface area contributed by atoms with Crippen molar-refractivity contribution in [3.8, 4) is 0 Å². The molecule has 0 aliphatic heterocycles. The number of thiophene rings is 1. The van der Waals surface area contributed by atoms with Gasteiger partial charge in [-0.25, -0.2) is 18.1 Å². The van der Waals surface area contributed by atoms with Gasteiger partial charge in [-0.3, -0.25) is 10.1 Å². The summed E-state index contributed by atoms with van der Waals surface area (Å²) in [5, 5.41) is 10.5. The van der Waals surface area contributed by atoms with Crippen molar-refractivity contribution >= 4 is 32.0 Å². The smallest absolute Gasteiger partial charge is 0.304 e. The van der Waals surface area contributed by atoms with Crippen LogP contribution in [0.5, 0.6) is 0 Å². The molecule has 1 atom stereocenters. The summed E-state index contributed by atoms with van der Waals surface area (Å²) in [6, 6.07) is 0.342. The van der Waals surface area contributed by atoms with Gasteiger partial charge in [0.15, 0.2) is 5.00 Å². The van der Waals surface area contributed by atoms with Gasteiger partial charge in [0, 0.05) is 18.5 Å². The summed E-state index contributed by atoms with van der Waals surface area (Å²) in [5.74, 6) is 0.438. The quantitative estimate of drug-likeness (QED) is 0.554. The average Bonchev–Trinajstić information content (AvgIpc) is 2.96. The number of nitrogens with two attached hydrogens (primary N) is 1. The molecule has 2 heterocycles. The number of anilines is 1. The van der Waals surface area contributed by atoms with Crippen molar-refractivity contribution in [1.29, 1.82) is 0 Å². The van der Waals surface area contributed by atoms with Crippen molar-refractivity contribution in [1.82, 2.24) is 14.7 Å². The fourth-order valence-corrected chi connectivity index (χ4v) is 3.95. The molecule has 0 aliphatic rings. The molecule has 0 aliphatic carbocycles. The number of aromatic amines is 1. The molecule has 1 unspecified atom stereocenters. The van der Waals surface area contributed by atoms with Crippen LogP contribution in [0.25, 0.3) is 0 Å². The van der Waals surface area contributed by atoms with Crippen molar-refractivity contribution in [2.24, 2.45) is 0 Å². The molecule has 20 heavy (non-hydrogen) atoms. The van der Waals surface area contributed by atoms with Crippen molar-refractivity contribution in [2.75, 3.05) is 5.73 Å². The molecule has 4 N–H and O–H groups in total. The number of hydrogen-bond acceptors (Lipinski definition) is 7. The van der Waals surface area contributed by atoms with Gasteiger partial charge in [-0.05, 0) is 6.92 Å². The Kier molecular flexibility index (Phi) is 3.74. The summed E-state index contributed by atoms with van der Waals surface area (Å²) in [4.78, 5) is 16.7. The van der Waals surface area contributed by atoms with E-state index in [1.165, 1.54) is 6.20 Å². The van der Waals surface area contributed by atoms with E-state index in [0.717, 1.165) is 6.07 Å². The average molecular weight is 317 g/mol.